The van der Waals surface area contributed by atoms with Crippen LogP contribution in [0, 0.1) is 0 Å². The summed E-state index contributed by atoms with van der Waals surface area (Å²) in [5, 5.41) is 8.99. The van der Waals surface area contributed by atoms with E-state index in [1.165, 1.54) is 4.88 Å². The van der Waals surface area contributed by atoms with Crippen LogP contribution in [0.4, 0.5) is 0 Å². The molecule has 2 rings (SSSR count). The number of nitrogens with zero attached hydrogens (tertiary/aromatic N) is 1. The van der Waals surface area contributed by atoms with Gasteiger partial charge < -0.3 is 15.4 Å². The maximum atomic E-state index is 5.54. The molecule has 0 bridgehead atoms. The highest BCUT2D eigenvalue weighted by atomic mass is 127. The van der Waals surface area contributed by atoms with Crippen molar-refractivity contribution in [2.75, 3.05) is 32.1 Å². The van der Waals surface area contributed by atoms with Crippen LogP contribution in [0.25, 0.3) is 0 Å². The fourth-order valence-corrected chi connectivity index (χ4v) is 4.44. The molecule has 0 spiro atoms. The molecule has 1 saturated heterocycles. The average molecular weight is 469 g/mol. The number of guanidine groups is 1. The van der Waals surface area contributed by atoms with Gasteiger partial charge in [0.25, 0.3) is 0 Å². The lowest BCUT2D eigenvalue weighted by Gasteiger charge is -2.37. The molecule has 1 aliphatic rings. The Kier molecular flexibility index (Phi) is 10.6. The number of hydrogen-bond acceptors (Lipinski definition) is 4. The zero-order chi connectivity index (χ0) is 15.7. The number of nitrogens with one attached hydrogen (secondary N) is 2. The van der Waals surface area contributed by atoms with Gasteiger partial charge in [-0.3, -0.25) is 0 Å². The first-order valence-corrected chi connectivity index (χ1v) is 9.91. The van der Waals surface area contributed by atoms with Crippen LogP contribution in [0.5, 0.6) is 0 Å². The van der Waals surface area contributed by atoms with Gasteiger partial charge in [-0.1, -0.05) is 13.0 Å². The van der Waals surface area contributed by atoms with E-state index in [-0.39, 0.29) is 28.7 Å². The van der Waals surface area contributed by atoms with Crippen molar-refractivity contribution in [3.8, 4) is 0 Å². The minimum absolute atomic E-state index is 0. The Morgan fingerprint density at radius 2 is 2.13 bits per heavy atom. The zero-order valence-corrected chi connectivity index (χ0v) is 17.9. The standard InChI is InChI=1S/C16H27N3OS2.HI/c1-3-17-15(18-12-14-6-5-11-21-14)19-13-16(22-4-2)7-9-20-10-8-16;/h5-6,11H,3-4,7-10,12-13H2,1-2H3,(H2,17,18,19);1H. The van der Waals surface area contributed by atoms with Crippen molar-refractivity contribution in [3.63, 3.8) is 0 Å². The Morgan fingerprint density at radius 3 is 2.74 bits per heavy atom. The van der Waals surface area contributed by atoms with Crippen LogP contribution in [-0.4, -0.2) is 42.8 Å². The minimum Gasteiger partial charge on any atom is -0.381 e. The van der Waals surface area contributed by atoms with Gasteiger partial charge in [0.2, 0.25) is 0 Å². The van der Waals surface area contributed by atoms with E-state index in [1.54, 1.807) is 11.3 Å². The van der Waals surface area contributed by atoms with Crippen molar-refractivity contribution >= 4 is 53.0 Å². The lowest BCUT2D eigenvalue weighted by Crippen LogP contribution is -2.48. The molecule has 0 saturated carbocycles. The third-order valence-corrected chi connectivity index (χ3v) is 6.06. The SMILES string of the molecule is CCNC(=NCc1cccs1)NCC1(SCC)CCOCC1.I. The lowest BCUT2D eigenvalue weighted by atomic mass is 9.99. The molecule has 0 aliphatic carbocycles. The Labute approximate surface area is 165 Å². The largest absolute Gasteiger partial charge is 0.381 e. The number of ether oxygens (including phenoxy) is 1. The summed E-state index contributed by atoms with van der Waals surface area (Å²) in [5.74, 6) is 2.06. The molecule has 132 valence electrons. The molecule has 23 heavy (non-hydrogen) atoms. The Bertz CT molecular complexity index is 443. The second-order valence-electron chi connectivity index (χ2n) is 5.36. The molecule has 2 N–H and O–H groups in total. The van der Waals surface area contributed by atoms with Gasteiger partial charge in [0.05, 0.1) is 6.54 Å². The van der Waals surface area contributed by atoms with Crippen molar-refractivity contribution in [1.29, 1.82) is 0 Å². The van der Waals surface area contributed by atoms with Gasteiger partial charge in [-0.15, -0.1) is 35.3 Å². The Hall–Kier alpha value is 0.01000. The Balaban J connectivity index is 0.00000264. The van der Waals surface area contributed by atoms with Crippen molar-refractivity contribution in [2.24, 2.45) is 4.99 Å². The number of rotatable bonds is 7. The van der Waals surface area contributed by atoms with Crippen molar-refractivity contribution in [1.82, 2.24) is 10.6 Å². The molecule has 1 aromatic heterocycles. The summed E-state index contributed by atoms with van der Waals surface area (Å²) in [6, 6.07) is 4.20. The van der Waals surface area contributed by atoms with Gasteiger partial charge in [0, 0.05) is 35.9 Å². The third kappa shape index (κ3) is 7.19. The highest BCUT2D eigenvalue weighted by Gasteiger charge is 2.32. The van der Waals surface area contributed by atoms with Gasteiger partial charge in [-0.25, -0.2) is 4.99 Å². The quantitative estimate of drug-likeness (QED) is 0.363. The number of halogens is 1. The van der Waals surface area contributed by atoms with E-state index in [1.807, 2.05) is 0 Å². The zero-order valence-electron chi connectivity index (χ0n) is 14.0. The maximum absolute atomic E-state index is 5.54. The number of thioether (sulfide) groups is 1. The van der Waals surface area contributed by atoms with Crippen LogP contribution in [0.1, 0.15) is 31.6 Å². The smallest absolute Gasteiger partial charge is 0.191 e. The van der Waals surface area contributed by atoms with Crippen molar-refractivity contribution in [3.05, 3.63) is 22.4 Å². The lowest BCUT2D eigenvalue weighted by molar-refractivity contribution is 0.0782. The normalized spacial score (nSPS) is 17.4. The van der Waals surface area contributed by atoms with Gasteiger partial charge in [-0.2, -0.15) is 11.8 Å². The van der Waals surface area contributed by atoms with E-state index in [0.29, 0.717) is 0 Å². The van der Waals surface area contributed by atoms with Crippen LogP contribution in [0.2, 0.25) is 0 Å². The van der Waals surface area contributed by atoms with Crippen LogP contribution in [0.3, 0.4) is 0 Å². The highest BCUT2D eigenvalue weighted by Crippen LogP contribution is 2.34. The summed E-state index contributed by atoms with van der Waals surface area (Å²) < 4.78 is 5.82. The predicted octanol–water partition coefficient (Wildman–Crippen LogP) is 3.72. The topological polar surface area (TPSA) is 45.7 Å². The molecular weight excluding hydrogens is 441 g/mol. The Morgan fingerprint density at radius 1 is 1.35 bits per heavy atom. The van der Waals surface area contributed by atoms with Gasteiger partial charge >= 0.3 is 0 Å². The molecule has 0 amide bonds. The summed E-state index contributed by atoms with van der Waals surface area (Å²) in [4.78, 5) is 5.99. The molecule has 1 aromatic rings. The van der Waals surface area contributed by atoms with E-state index in [2.05, 4.69) is 53.8 Å². The van der Waals surface area contributed by atoms with Crippen LogP contribution < -0.4 is 10.6 Å². The first kappa shape index (κ1) is 21.1. The molecule has 1 aliphatic heterocycles. The van der Waals surface area contributed by atoms with Crippen molar-refractivity contribution in [2.45, 2.75) is 38.0 Å². The van der Waals surface area contributed by atoms with E-state index in [9.17, 15) is 0 Å². The van der Waals surface area contributed by atoms with E-state index >= 15 is 0 Å². The van der Waals surface area contributed by atoms with Crippen LogP contribution >= 0.6 is 47.1 Å². The number of aliphatic imine (C=N–C) groups is 1. The molecule has 2 heterocycles. The molecule has 0 atom stereocenters. The molecular formula is C16H28IN3OS2. The maximum Gasteiger partial charge on any atom is 0.191 e. The highest BCUT2D eigenvalue weighted by molar-refractivity contribution is 14.0. The summed E-state index contributed by atoms with van der Waals surface area (Å²) in [7, 11) is 0. The third-order valence-electron chi connectivity index (χ3n) is 3.75. The summed E-state index contributed by atoms with van der Waals surface area (Å²) >= 11 is 3.81. The van der Waals surface area contributed by atoms with Crippen LogP contribution in [-0.2, 0) is 11.3 Å². The number of thiophene rings is 1. The molecule has 1 fully saturated rings. The van der Waals surface area contributed by atoms with E-state index < -0.39 is 0 Å². The molecule has 0 aromatic carbocycles. The second kappa shape index (κ2) is 11.5. The monoisotopic (exact) mass is 469 g/mol. The van der Waals surface area contributed by atoms with Gasteiger partial charge in [0.15, 0.2) is 5.96 Å². The summed E-state index contributed by atoms with van der Waals surface area (Å²) in [6.45, 7) is 8.66. The fourth-order valence-electron chi connectivity index (χ4n) is 2.57. The van der Waals surface area contributed by atoms with Crippen LogP contribution in [0.15, 0.2) is 22.5 Å². The summed E-state index contributed by atoms with van der Waals surface area (Å²) in [5.41, 5.74) is 0. The van der Waals surface area contributed by atoms with Gasteiger partial charge in [0.1, 0.15) is 0 Å². The van der Waals surface area contributed by atoms with Crippen molar-refractivity contribution < 1.29 is 4.74 Å². The average Bonchev–Trinajstić information content (AvgIpc) is 3.05. The molecule has 0 unspecified atom stereocenters. The first-order chi connectivity index (χ1) is 10.8. The molecule has 4 nitrogen and oxygen atoms in total. The molecule has 0 radical (unpaired) electrons. The van der Waals surface area contributed by atoms with E-state index in [4.69, 9.17) is 9.73 Å². The van der Waals surface area contributed by atoms with E-state index in [0.717, 1.165) is 57.4 Å². The number of hydrogen-bond donors (Lipinski definition) is 2. The molecule has 7 heteroatoms. The predicted molar refractivity (Wildman–Crippen MR) is 113 cm³/mol. The second-order valence-corrected chi connectivity index (χ2v) is 8.12. The first-order valence-electron chi connectivity index (χ1n) is 8.04. The minimum atomic E-state index is 0. The fraction of sp³-hybridized carbons (Fsp3) is 0.688. The summed E-state index contributed by atoms with van der Waals surface area (Å²) in [6.07, 6.45) is 2.23. The van der Waals surface area contributed by atoms with Gasteiger partial charge in [-0.05, 0) is 37.0 Å².